The van der Waals surface area contributed by atoms with Crippen molar-refractivity contribution in [1.82, 2.24) is 19.9 Å². The van der Waals surface area contributed by atoms with Crippen LogP contribution in [-0.4, -0.2) is 40.0 Å². The van der Waals surface area contributed by atoms with Crippen LogP contribution in [0.2, 0.25) is 0 Å². The van der Waals surface area contributed by atoms with E-state index in [9.17, 15) is 0 Å². The minimum Gasteiger partial charge on any atom is -0.306 e. The number of hydrogen-bond donors (Lipinski definition) is 0. The van der Waals surface area contributed by atoms with E-state index in [-0.39, 0.29) is 0 Å². The molecule has 13 heavy (non-hydrogen) atoms. The summed E-state index contributed by atoms with van der Waals surface area (Å²) >= 11 is 0. The molecule has 72 valence electrons. The fourth-order valence-electron chi connectivity index (χ4n) is 1.80. The molecular formula is C9H16N4. The molecule has 1 aromatic heterocycles. The van der Waals surface area contributed by atoms with Crippen molar-refractivity contribution < 1.29 is 0 Å². The maximum absolute atomic E-state index is 4.11. The topological polar surface area (TPSA) is 34.0 Å². The normalized spacial score (nSPS) is 20.8. The Morgan fingerprint density at radius 1 is 1.38 bits per heavy atom. The third-order valence-electron chi connectivity index (χ3n) is 2.69. The van der Waals surface area contributed by atoms with E-state index in [0.29, 0.717) is 6.04 Å². The number of aromatic nitrogens is 3. The van der Waals surface area contributed by atoms with Gasteiger partial charge in [-0.1, -0.05) is 5.21 Å². The molecule has 1 saturated heterocycles. The highest BCUT2D eigenvalue weighted by Gasteiger charge is 2.18. The van der Waals surface area contributed by atoms with Crippen LogP contribution < -0.4 is 0 Å². The summed E-state index contributed by atoms with van der Waals surface area (Å²) in [6.07, 6.45) is 4.43. The van der Waals surface area contributed by atoms with E-state index < -0.39 is 0 Å². The Labute approximate surface area is 78.5 Å². The van der Waals surface area contributed by atoms with Gasteiger partial charge in [0.15, 0.2) is 0 Å². The van der Waals surface area contributed by atoms with Crippen LogP contribution in [0.3, 0.4) is 0 Å². The zero-order valence-electron chi connectivity index (χ0n) is 8.27. The Morgan fingerprint density at radius 2 is 2.08 bits per heavy atom. The number of likely N-dealkylation sites (tertiary alicyclic amines) is 1. The summed E-state index contributed by atoms with van der Waals surface area (Å²) in [4.78, 5) is 2.36. The van der Waals surface area contributed by atoms with Gasteiger partial charge in [0.1, 0.15) is 0 Å². The van der Waals surface area contributed by atoms with E-state index in [1.165, 1.54) is 25.9 Å². The molecule has 0 unspecified atom stereocenters. The number of nitrogens with zero attached hydrogens (tertiary/aromatic N) is 4. The zero-order valence-corrected chi connectivity index (χ0v) is 8.27. The summed E-state index contributed by atoms with van der Waals surface area (Å²) in [5, 5.41) is 8.12. The molecule has 0 aromatic carbocycles. The second-order valence-corrected chi connectivity index (χ2v) is 3.87. The first-order valence-corrected chi connectivity index (χ1v) is 4.82. The first-order valence-electron chi connectivity index (χ1n) is 4.82. The van der Waals surface area contributed by atoms with Crippen molar-refractivity contribution in [2.75, 3.05) is 20.1 Å². The lowest BCUT2D eigenvalue weighted by Gasteiger charge is -2.28. The minimum absolute atomic E-state index is 0.567. The van der Waals surface area contributed by atoms with E-state index in [1.807, 2.05) is 17.8 Å². The van der Waals surface area contributed by atoms with Crippen LogP contribution in [0.1, 0.15) is 24.6 Å². The molecule has 2 rings (SSSR count). The van der Waals surface area contributed by atoms with E-state index >= 15 is 0 Å². The van der Waals surface area contributed by atoms with Crippen LogP contribution in [0, 0.1) is 6.92 Å². The van der Waals surface area contributed by atoms with Gasteiger partial charge < -0.3 is 4.90 Å². The first-order chi connectivity index (χ1) is 6.25. The molecule has 0 aliphatic carbocycles. The average Bonchev–Trinajstić information content (AvgIpc) is 2.53. The zero-order chi connectivity index (χ0) is 9.26. The smallest absolute Gasteiger partial charge is 0.0796 e. The molecule has 0 saturated carbocycles. The van der Waals surface area contributed by atoms with Gasteiger partial charge in [-0.05, 0) is 39.9 Å². The van der Waals surface area contributed by atoms with E-state index in [2.05, 4.69) is 22.3 Å². The largest absolute Gasteiger partial charge is 0.306 e. The molecule has 1 fully saturated rings. The minimum atomic E-state index is 0.567. The van der Waals surface area contributed by atoms with E-state index in [1.54, 1.807) is 0 Å². The molecule has 1 aliphatic heterocycles. The van der Waals surface area contributed by atoms with Crippen LogP contribution in [0.25, 0.3) is 0 Å². The lowest BCUT2D eigenvalue weighted by molar-refractivity contribution is 0.210. The number of hydrogen-bond acceptors (Lipinski definition) is 3. The van der Waals surface area contributed by atoms with Crippen molar-refractivity contribution in [3.8, 4) is 0 Å². The molecule has 4 nitrogen and oxygen atoms in total. The molecule has 1 aliphatic rings. The SMILES string of the molecule is Cc1cn(C2CCN(C)CC2)nn1. The van der Waals surface area contributed by atoms with Crippen molar-refractivity contribution >= 4 is 0 Å². The highest BCUT2D eigenvalue weighted by atomic mass is 15.4. The van der Waals surface area contributed by atoms with Crippen LogP contribution in [0.5, 0.6) is 0 Å². The Bertz CT molecular complexity index is 273. The maximum atomic E-state index is 4.11. The van der Waals surface area contributed by atoms with Gasteiger partial charge in [-0.3, -0.25) is 0 Å². The summed E-state index contributed by atoms with van der Waals surface area (Å²) in [6.45, 7) is 4.32. The molecule has 0 amide bonds. The first kappa shape index (κ1) is 8.69. The number of rotatable bonds is 1. The fourth-order valence-corrected chi connectivity index (χ4v) is 1.80. The summed E-state index contributed by atoms with van der Waals surface area (Å²) in [5.74, 6) is 0. The number of piperidine rings is 1. The molecule has 1 aromatic rings. The Morgan fingerprint density at radius 3 is 2.62 bits per heavy atom. The lowest BCUT2D eigenvalue weighted by Crippen LogP contribution is -2.31. The van der Waals surface area contributed by atoms with Gasteiger partial charge in [0, 0.05) is 6.20 Å². The lowest BCUT2D eigenvalue weighted by atomic mass is 10.1. The molecule has 0 bridgehead atoms. The van der Waals surface area contributed by atoms with Gasteiger partial charge in [0.25, 0.3) is 0 Å². The quantitative estimate of drug-likeness (QED) is 0.642. The fraction of sp³-hybridized carbons (Fsp3) is 0.778. The van der Waals surface area contributed by atoms with E-state index in [4.69, 9.17) is 0 Å². The third-order valence-corrected chi connectivity index (χ3v) is 2.69. The van der Waals surface area contributed by atoms with Crippen molar-refractivity contribution in [3.63, 3.8) is 0 Å². The predicted molar refractivity (Wildman–Crippen MR) is 50.5 cm³/mol. The molecule has 0 atom stereocenters. The highest BCUT2D eigenvalue weighted by molar-refractivity contribution is 4.89. The van der Waals surface area contributed by atoms with Crippen LogP contribution in [0.4, 0.5) is 0 Å². The monoisotopic (exact) mass is 180 g/mol. The second kappa shape index (κ2) is 3.46. The maximum Gasteiger partial charge on any atom is 0.0796 e. The van der Waals surface area contributed by atoms with E-state index in [0.717, 1.165) is 5.69 Å². The summed E-state index contributed by atoms with van der Waals surface area (Å²) in [5.41, 5.74) is 1.01. The van der Waals surface area contributed by atoms with Crippen LogP contribution >= 0.6 is 0 Å². The Kier molecular flexibility index (Phi) is 2.31. The van der Waals surface area contributed by atoms with Gasteiger partial charge in [0.2, 0.25) is 0 Å². The molecule has 4 heteroatoms. The standard InChI is InChI=1S/C9H16N4/c1-8-7-13(11-10-8)9-3-5-12(2)6-4-9/h7,9H,3-6H2,1-2H3. The Balaban J connectivity index is 2.02. The molecule has 0 spiro atoms. The summed E-state index contributed by atoms with van der Waals surface area (Å²) in [7, 11) is 2.17. The van der Waals surface area contributed by atoms with Crippen LogP contribution in [-0.2, 0) is 0 Å². The molecular weight excluding hydrogens is 164 g/mol. The van der Waals surface area contributed by atoms with Crippen molar-refractivity contribution in [1.29, 1.82) is 0 Å². The highest BCUT2D eigenvalue weighted by Crippen LogP contribution is 2.20. The van der Waals surface area contributed by atoms with Gasteiger partial charge in [-0.15, -0.1) is 5.10 Å². The van der Waals surface area contributed by atoms with Crippen LogP contribution in [0.15, 0.2) is 6.20 Å². The van der Waals surface area contributed by atoms with Gasteiger partial charge >= 0.3 is 0 Å². The van der Waals surface area contributed by atoms with Crippen molar-refractivity contribution in [2.24, 2.45) is 0 Å². The van der Waals surface area contributed by atoms with Gasteiger partial charge in [-0.2, -0.15) is 0 Å². The van der Waals surface area contributed by atoms with Gasteiger partial charge in [0.05, 0.1) is 11.7 Å². The van der Waals surface area contributed by atoms with Crippen molar-refractivity contribution in [3.05, 3.63) is 11.9 Å². The molecule has 0 N–H and O–H groups in total. The second-order valence-electron chi connectivity index (χ2n) is 3.87. The average molecular weight is 180 g/mol. The molecule has 2 heterocycles. The van der Waals surface area contributed by atoms with Gasteiger partial charge in [-0.25, -0.2) is 4.68 Å². The summed E-state index contributed by atoms with van der Waals surface area (Å²) in [6, 6.07) is 0.567. The number of aryl methyl sites for hydroxylation is 1. The third kappa shape index (κ3) is 1.88. The summed E-state index contributed by atoms with van der Waals surface area (Å²) < 4.78 is 2.02. The Hall–Kier alpha value is -0.900. The van der Waals surface area contributed by atoms with Crippen molar-refractivity contribution in [2.45, 2.75) is 25.8 Å². The molecule has 0 radical (unpaired) electrons. The predicted octanol–water partition coefficient (Wildman–Crippen LogP) is 0.853.